The average molecular weight is 345 g/mol. The SMILES string of the molecule is O=C(COc1ccc(Cl)cc1)NCCC1C(=O)Nc2ccccc21. The van der Waals surface area contributed by atoms with Crippen LogP contribution in [-0.4, -0.2) is 25.0 Å². The molecule has 6 heteroatoms. The summed E-state index contributed by atoms with van der Waals surface area (Å²) < 4.78 is 5.37. The van der Waals surface area contributed by atoms with E-state index in [9.17, 15) is 9.59 Å². The zero-order valence-corrected chi connectivity index (χ0v) is 13.7. The van der Waals surface area contributed by atoms with E-state index in [2.05, 4.69) is 10.6 Å². The lowest BCUT2D eigenvalue weighted by atomic mass is 9.97. The molecule has 2 aromatic rings. The third-order valence-corrected chi connectivity index (χ3v) is 4.10. The summed E-state index contributed by atoms with van der Waals surface area (Å²) in [5.74, 6) is 0.108. The smallest absolute Gasteiger partial charge is 0.257 e. The molecule has 1 heterocycles. The molecule has 0 aliphatic carbocycles. The maximum absolute atomic E-state index is 12.0. The summed E-state index contributed by atoms with van der Waals surface area (Å²) in [6.45, 7) is 0.338. The average Bonchev–Trinajstić information content (AvgIpc) is 2.90. The van der Waals surface area contributed by atoms with Crippen LogP contribution in [0, 0.1) is 0 Å². The number of hydrogen-bond donors (Lipinski definition) is 2. The van der Waals surface area contributed by atoms with Crippen molar-refractivity contribution in [1.29, 1.82) is 0 Å². The van der Waals surface area contributed by atoms with Gasteiger partial charge in [0, 0.05) is 17.3 Å². The van der Waals surface area contributed by atoms with Gasteiger partial charge in [-0.1, -0.05) is 29.8 Å². The Balaban J connectivity index is 1.44. The highest BCUT2D eigenvalue weighted by Gasteiger charge is 2.29. The fraction of sp³-hybridized carbons (Fsp3) is 0.222. The van der Waals surface area contributed by atoms with Gasteiger partial charge in [-0.15, -0.1) is 0 Å². The number of rotatable bonds is 6. The summed E-state index contributed by atoms with van der Waals surface area (Å²) in [5.41, 5.74) is 1.83. The molecule has 0 bridgehead atoms. The van der Waals surface area contributed by atoms with Crippen LogP contribution < -0.4 is 15.4 Å². The summed E-state index contributed by atoms with van der Waals surface area (Å²) in [5, 5.41) is 6.24. The molecule has 1 aliphatic rings. The number of benzene rings is 2. The first-order valence-electron chi connectivity index (χ1n) is 7.68. The van der Waals surface area contributed by atoms with Gasteiger partial charge >= 0.3 is 0 Å². The number of carbonyl (C=O) groups excluding carboxylic acids is 2. The fourth-order valence-corrected chi connectivity index (χ4v) is 2.78. The third-order valence-electron chi connectivity index (χ3n) is 3.85. The second kappa shape index (κ2) is 7.36. The summed E-state index contributed by atoms with van der Waals surface area (Å²) in [7, 11) is 0. The van der Waals surface area contributed by atoms with Crippen molar-refractivity contribution < 1.29 is 14.3 Å². The van der Waals surface area contributed by atoms with E-state index in [0.717, 1.165) is 11.3 Å². The molecule has 3 rings (SSSR count). The van der Waals surface area contributed by atoms with Gasteiger partial charge in [0.05, 0.1) is 5.92 Å². The van der Waals surface area contributed by atoms with E-state index in [1.807, 2.05) is 24.3 Å². The molecular formula is C18H17ClN2O3. The van der Waals surface area contributed by atoms with Crippen LogP contribution >= 0.6 is 11.6 Å². The van der Waals surface area contributed by atoms with E-state index in [1.165, 1.54) is 0 Å². The van der Waals surface area contributed by atoms with Crippen LogP contribution in [0.25, 0.3) is 0 Å². The molecule has 0 spiro atoms. The monoisotopic (exact) mass is 344 g/mol. The van der Waals surface area contributed by atoms with Crippen LogP contribution in [0.1, 0.15) is 17.9 Å². The number of ether oxygens (including phenoxy) is 1. The predicted molar refractivity (Wildman–Crippen MR) is 92.4 cm³/mol. The van der Waals surface area contributed by atoms with Crippen molar-refractivity contribution in [2.75, 3.05) is 18.5 Å². The Labute approximate surface area is 145 Å². The van der Waals surface area contributed by atoms with Crippen molar-refractivity contribution in [1.82, 2.24) is 5.32 Å². The molecule has 24 heavy (non-hydrogen) atoms. The Morgan fingerprint density at radius 2 is 1.92 bits per heavy atom. The topological polar surface area (TPSA) is 67.4 Å². The number of halogens is 1. The van der Waals surface area contributed by atoms with Crippen molar-refractivity contribution >= 4 is 29.1 Å². The van der Waals surface area contributed by atoms with Crippen LogP contribution in [0.2, 0.25) is 5.02 Å². The molecule has 0 saturated heterocycles. The van der Waals surface area contributed by atoms with Crippen molar-refractivity contribution in [2.45, 2.75) is 12.3 Å². The quantitative estimate of drug-likeness (QED) is 0.846. The molecule has 2 aromatic carbocycles. The highest BCUT2D eigenvalue weighted by Crippen LogP contribution is 2.33. The number of amides is 2. The number of hydrogen-bond acceptors (Lipinski definition) is 3. The summed E-state index contributed by atoms with van der Waals surface area (Å²) in [4.78, 5) is 23.8. The van der Waals surface area contributed by atoms with Crippen LogP contribution in [0.15, 0.2) is 48.5 Å². The second-order valence-corrected chi connectivity index (χ2v) is 5.95. The number of para-hydroxylation sites is 1. The van der Waals surface area contributed by atoms with Gasteiger partial charge in [-0.2, -0.15) is 0 Å². The first kappa shape index (κ1) is 16.3. The van der Waals surface area contributed by atoms with E-state index >= 15 is 0 Å². The molecule has 2 N–H and O–H groups in total. The van der Waals surface area contributed by atoms with E-state index in [-0.39, 0.29) is 24.3 Å². The molecule has 2 amide bonds. The van der Waals surface area contributed by atoms with E-state index in [4.69, 9.17) is 16.3 Å². The zero-order valence-electron chi connectivity index (χ0n) is 12.9. The van der Waals surface area contributed by atoms with Gasteiger partial charge in [-0.05, 0) is 42.3 Å². The maximum Gasteiger partial charge on any atom is 0.257 e. The molecular weight excluding hydrogens is 328 g/mol. The van der Waals surface area contributed by atoms with Crippen molar-refractivity contribution in [2.24, 2.45) is 0 Å². The molecule has 1 aliphatic heterocycles. The lowest BCUT2D eigenvalue weighted by molar-refractivity contribution is -0.123. The molecule has 124 valence electrons. The summed E-state index contributed by atoms with van der Waals surface area (Å²) in [6.07, 6.45) is 0.551. The number of anilines is 1. The normalized spacial score (nSPS) is 15.5. The Morgan fingerprint density at radius 3 is 2.71 bits per heavy atom. The minimum absolute atomic E-state index is 0.0251. The van der Waals surface area contributed by atoms with Crippen molar-refractivity contribution in [3.8, 4) is 5.75 Å². The first-order chi connectivity index (χ1) is 11.6. The lowest BCUT2D eigenvalue weighted by Gasteiger charge is -2.10. The number of nitrogens with one attached hydrogen (secondary N) is 2. The number of fused-ring (bicyclic) bond motifs is 1. The highest BCUT2D eigenvalue weighted by molar-refractivity contribution is 6.30. The Hall–Kier alpha value is -2.53. The van der Waals surface area contributed by atoms with Crippen LogP contribution in [0.4, 0.5) is 5.69 Å². The molecule has 0 saturated carbocycles. The fourth-order valence-electron chi connectivity index (χ4n) is 2.65. The maximum atomic E-state index is 12.0. The minimum Gasteiger partial charge on any atom is -0.484 e. The molecule has 0 radical (unpaired) electrons. The van der Waals surface area contributed by atoms with Gasteiger partial charge in [0.15, 0.2) is 6.61 Å². The summed E-state index contributed by atoms with van der Waals surface area (Å²) in [6, 6.07) is 14.4. The first-order valence-corrected chi connectivity index (χ1v) is 8.06. The van der Waals surface area contributed by atoms with Gasteiger partial charge in [0.2, 0.25) is 5.91 Å². The minimum atomic E-state index is -0.225. The summed E-state index contributed by atoms with van der Waals surface area (Å²) >= 11 is 5.79. The van der Waals surface area contributed by atoms with Gasteiger partial charge in [0.25, 0.3) is 5.91 Å². The van der Waals surface area contributed by atoms with E-state index < -0.39 is 0 Å². The van der Waals surface area contributed by atoms with Crippen molar-refractivity contribution in [3.05, 3.63) is 59.1 Å². The molecule has 0 aromatic heterocycles. The molecule has 1 unspecified atom stereocenters. The zero-order chi connectivity index (χ0) is 16.9. The van der Waals surface area contributed by atoms with Crippen LogP contribution in [0.3, 0.4) is 0 Å². The Bertz CT molecular complexity index is 746. The van der Waals surface area contributed by atoms with Gasteiger partial charge in [-0.3, -0.25) is 9.59 Å². The van der Waals surface area contributed by atoms with Gasteiger partial charge in [-0.25, -0.2) is 0 Å². The lowest BCUT2D eigenvalue weighted by Crippen LogP contribution is -2.31. The molecule has 5 nitrogen and oxygen atoms in total. The Kier molecular flexibility index (Phi) is 5.01. The van der Waals surface area contributed by atoms with Gasteiger partial charge in [0.1, 0.15) is 5.75 Å². The van der Waals surface area contributed by atoms with Crippen LogP contribution in [0.5, 0.6) is 5.75 Å². The third kappa shape index (κ3) is 3.86. The predicted octanol–water partition coefficient (Wildman–Crippen LogP) is 2.96. The highest BCUT2D eigenvalue weighted by atomic mass is 35.5. The second-order valence-electron chi connectivity index (χ2n) is 5.51. The van der Waals surface area contributed by atoms with Crippen LogP contribution in [-0.2, 0) is 9.59 Å². The molecule has 0 fully saturated rings. The largest absolute Gasteiger partial charge is 0.484 e. The number of carbonyl (C=O) groups is 2. The van der Waals surface area contributed by atoms with Gasteiger partial charge < -0.3 is 15.4 Å². The van der Waals surface area contributed by atoms with Crippen molar-refractivity contribution in [3.63, 3.8) is 0 Å². The molecule has 1 atom stereocenters. The Morgan fingerprint density at radius 1 is 1.17 bits per heavy atom. The standard InChI is InChI=1S/C18H17ClN2O3/c19-12-5-7-13(8-6-12)24-11-17(22)20-10-9-15-14-3-1-2-4-16(14)21-18(15)23/h1-8,15H,9-11H2,(H,20,22)(H,21,23). The van der Waals surface area contributed by atoms with E-state index in [1.54, 1.807) is 24.3 Å². The van der Waals surface area contributed by atoms with E-state index in [0.29, 0.717) is 23.7 Å².